The Morgan fingerprint density at radius 3 is 2.31 bits per heavy atom. The average Bonchev–Trinajstić information content (AvgIpc) is 2.49. The van der Waals surface area contributed by atoms with Gasteiger partial charge in [0.1, 0.15) is 0 Å². The normalized spacial score (nSPS) is 18.9. The number of rotatable bonds is 4. The Bertz CT molecular complexity index is 362. The lowest BCUT2D eigenvalue weighted by Crippen LogP contribution is -2.00. The third-order valence-electron chi connectivity index (χ3n) is 1.54. The van der Waals surface area contributed by atoms with E-state index in [9.17, 15) is 16.8 Å². The van der Waals surface area contributed by atoms with Crippen LogP contribution < -0.4 is 0 Å². The number of hydrogen-bond donors (Lipinski definition) is 0. The van der Waals surface area contributed by atoms with Gasteiger partial charge in [-0.05, 0) is 12.8 Å². The van der Waals surface area contributed by atoms with Gasteiger partial charge in [0.15, 0.2) is 0 Å². The van der Waals surface area contributed by atoms with Gasteiger partial charge in [0, 0.05) is 24.4 Å². The molecule has 6 nitrogen and oxygen atoms in total. The van der Waals surface area contributed by atoms with Gasteiger partial charge in [-0.25, -0.2) is 8.42 Å². The molecule has 1 fully saturated rings. The highest BCUT2D eigenvalue weighted by molar-refractivity contribution is 8.13. The summed E-state index contributed by atoms with van der Waals surface area (Å²) in [5.74, 6) is 0.190. The summed E-state index contributed by atoms with van der Waals surface area (Å²) in [7, 11) is 0.0499. The van der Waals surface area contributed by atoms with Crippen LogP contribution in [0, 0.1) is 0 Å². The molecule has 0 radical (unpaired) electrons. The Morgan fingerprint density at radius 2 is 2.06 bits per heavy atom. The molecule has 0 aromatic rings. The van der Waals surface area contributed by atoms with E-state index in [0.29, 0.717) is 26.1 Å². The lowest BCUT2D eigenvalue weighted by atomic mass is 10.5. The van der Waals surface area contributed by atoms with E-state index >= 15 is 0 Å². The van der Waals surface area contributed by atoms with Crippen LogP contribution in [0.3, 0.4) is 0 Å². The number of methoxy groups -OCH3 is 1. The van der Waals surface area contributed by atoms with Gasteiger partial charge in [-0.15, -0.1) is 0 Å². The maximum Gasteiger partial charge on any atom is 0.267 e. The monoisotopic (exact) mass is 294 g/mol. The summed E-state index contributed by atoms with van der Waals surface area (Å²) in [6.45, 7) is 0.814. The molecule has 1 saturated heterocycles. The van der Waals surface area contributed by atoms with Crippen molar-refractivity contribution in [2.45, 2.75) is 12.8 Å². The summed E-state index contributed by atoms with van der Waals surface area (Å²) in [6.07, 6.45) is 1.12. The van der Waals surface area contributed by atoms with Gasteiger partial charge in [0.2, 0.25) is 9.05 Å². The van der Waals surface area contributed by atoms with Crippen molar-refractivity contribution < 1.29 is 25.8 Å². The molecule has 1 heterocycles. The maximum atomic E-state index is 10.2. The van der Waals surface area contributed by atoms with E-state index in [2.05, 4.69) is 8.92 Å². The predicted molar refractivity (Wildman–Crippen MR) is 60.5 cm³/mol. The second-order valence-electron chi connectivity index (χ2n) is 3.03. The molecular formula is C7H15ClO6S2. The second-order valence-corrected chi connectivity index (χ2v) is 7.68. The molecule has 16 heavy (non-hydrogen) atoms. The van der Waals surface area contributed by atoms with Gasteiger partial charge < -0.3 is 4.74 Å². The Balaban J connectivity index is 0.000000288. The Labute approximate surface area is 100 Å². The Morgan fingerprint density at radius 1 is 1.44 bits per heavy atom. The first kappa shape index (κ1) is 16.1. The van der Waals surface area contributed by atoms with Crippen molar-refractivity contribution in [2.75, 3.05) is 31.8 Å². The van der Waals surface area contributed by atoms with E-state index in [1.54, 1.807) is 0 Å². The van der Waals surface area contributed by atoms with E-state index in [-0.39, 0.29) is 11.5 Å². The molecular weight excluding hydrogens is 280 g/mol. The van der Waals surface area contributed by atoms with Crippen LogP contribution in [0.4, 0.5) is 0 Å². The van der Waals surface area contributed by atoms with Crippen LogP contribution in [-0.4, -0.2) is 48.7 Å². The van der Waals surface area contributed by atoms with Gasteiger partial charge in [0.25, 0.3) is 10.1 Å². The van der Waals surface area contributed by atoms with Crippen molar-refractivity contribution in [1.82, 2.24) is 0 Å². The summed E-state index contributed by atoms with van der Waals surface area (Å²) >= 11 is 0. The summed E-state index contributed by atoms with van der Waals surface area (Å²) < 4.78 is 49.8. The summed E-state index contributed by atoms with van der Waals surface area (Å²) in [6, 6.07) is 0. The topological polar surface area (TPSA) is 86.7 Å². The van der Waals surface area contributed by atoms with E-state index in [1.165, 1.54) is 7.11 Å². The zero-order chi connectivity index (χ0) is 12.7. The number of ether oxygens (including phenoxy) is 1. The van der Waals surface area contributed by atoms with Gasteiger partial charge in [0.05, 0.1) is 18.1 Å². The highest BCUT2D eigenvalue weighted by atomic mass is 35.7. The minimum atomic E-state index is -3.30. The fraction of sp³-hybridized carbons (Fsp3) is 1.00. The van der Waals surface area contributed by atoms with Gasteiger partial charge in [-0.3, -0.25) is 4.18 Å². The molecule has 0 N–H and O–H groups in total. The predicted octanol–water partition coefficient (Wildman–Crippen LogP) is 0.328. The van der Waals surface area contributed by atoms with Crippen molar-refractivity contribution in [3.8, 4) is 0 Å². The van der Waals surface area contributed by atoms with E-state index in [4.69, 9.17) is 10.7 Å². The first-order valence-corrected chi connectivity index (χ1v) is 8.61. The Hall–Kier alpha value is 0.110. The van der Waals surface area contributed by atoms with Crippen LogP contribution in [0.2, 0.25) is 0 Å². The fourth-order valence-corrected chi connectivity index (χ4v) is 2.61. The molecule has 1 aliphatic heterocycles. The highest BCUT2D eigenvalue weighted by Gasteiger charge is 2.16. The summed E-state index contributed by atoms with van der Waals surface area (Å²) in [4.78, 5) is 0. The summed E-state index contributed by atoms with van der Waals surface area (Å²) in [5, 5.41) is 0. The summed E-state index contributed by atoms with van der Waals surface area (Å²) in [5.41, 5.74) is 0. The van der Waals surface area contributed by atoms with Crippen LogP contribution in [0.15, 0.2) is 0 Å². The molecule has 0 saturated carbocycles. The molecule has 1 aliphatic rings. The van der Waals surface area contributed by atoms with E-state index in [0.717, 1.165) is 0 Å². The molecule has 0 aromatic carbocycles. The van der Waals surface area contributed by atoms with Crippen LogP contribution in [0.25, 0.3) is 0 Å². The van der Waals surface area contributed by atoms with Crippen molar-refractivity contribution in [2.24, 2.45) is 0 Å². The zero-order valence-electron chi connectivity index (χ0n) is 8.89. The molecule has 1 rings (SSSR count). The standard InChI is InChI=1S/C4H9ClO3S.C3H6O3S/c1-8-3-2-4-9(5,6)7;4-7(5)3-1-2-6-7/h2-4H2,1H3;1-3H2. The largest absolute Gasteiger partial charge is 0.385 e. The van der Waals surface area contributed by atoms with Gasteiger partial charge >= 0.3 is 0 Å². The zero-order valence-corrected chi connectivity index (χ0v) is 11.3. The molecule has 0 aromatic heterocycles. The number of hydrogen-bond acceptors (Lipinski definition) is 6. The van der Waals surface area contributed by atoms with Crippen LogP contribution >= 0.6 is 10.7 Å². The lowest BCUT2D eigenvalue weighted by molar-refractivity contribution is 0.199. The van der Waals surface area contributed by atoms with E-state index < -0.39 is 19.2 Å². The lowest BCUT2D eigenvalue weighted by Gasteiger charge is -1.93. The van der Waals surface area contributed by atoms with Crippen molar-refractivity contribution in [3.63, 3.8) is 0 Å². The van der Waals surface area contributed by atoms with Crippen LogP contribution in [0.5, 0.6) is 0 Å². The average molecular weight is 295 g/mol. The molecule has 0 aliphatic carbocycles. The smallest absolute Gasteiger partial charge is 0.267 e. The SMILES string of the molecule is COCCCS(=O)(=O)Cl.O=S1(=O)CCCO1. The molecule has 0 unspecified atom stereocenters. The number of halogens is 1. The first-order chi connectivity index (χ1) is 7.27. The highest BCUT2D eigenvalue weighted by Crippen LogP contribution is 2.04. The molecule has 0 atom stereocenters. The minimum Gasteiger partial charge on any atom is -0.385 e. The third kappa shape index (κ3) is 10.6. The maximum absolute atomic E-state index is 10.2. The van der Waals surface area contributed by atoms with Crippen molar-refractivity contribution in [1.29, 1.82) is 0 Å². The Kier molecular flexibility index (Phi) is 7.49. The van der Waals surface area contributed by atoms with Gasteiger partial charge in [-0.1, -0.05) is 0 Å². The second kappa shape index (κ2) is 7.44. The fourth-order valence-electron chi connectivity index (χ4n) is 0.856. The minimum absolute atomic E-state index is 0.0115. The van der Waals surface area contributed by atoms with Gasteiger partial charge in [-0.2, -0.15) is 8.42 Å². The molecule has 0 bridgehead atoms. The van der Waals surface area contributed by atoms with Crippen LogP contribution in [-0.2, 0) is 28.1 Å². The molecule has 9 heteroatoms. The third-order valence-corrected chi connectivity index (χ3v) is 4.09. The first-order valence-electron chi connectivity index (χ1n) is 4.55. The molecule has 0 spiro atoms. The van der Waals surface area contributed by atoms with Crippen LogP contribution in [0.1, 0.15) is 12.8 Å². The van der Waals surface area contributed by atoms with Crippen molar-refractivity contribution >= 4 is 29.9 Å². The quantitative estimate of drug-likeness (QED) is 0.422. The molecule has 0 amide bonds. The van der Waals surface area contributed by atoms with Crippen molar-refractivity contribution in [3.05, 3.63) is 0 Å². The molecule has 98 valence electrons. The van der Waals surface area contributed by atoms with E-state index in [1.807, 2.05) is 0 Å².